The fraction of sp³-hybridized carbons (Fsp3) is 0.267. The van der Waals surface area contributed by atoms with Crippen LogP contribution in [-0.4, -0.2) is 11.0 Å². The summed E-state index contributed by atoms with van der Waals surface area (Å²) in [6.07, 6.45) is 2.79. The summed E-state index contributed by atoms with van der Waals surface area (Å²) in [4.78, 5) is 5.67. The molecule has 2 rings (SSSR count). The van der Waals surface area contributed by atoms with Crippen molar-refractivity contribution in [2.75, 3.05) is 0 Å². The summed E-state index contributed by atoms with van der Waals surface area (Å²) in [6, 6.07) is 12.8. The molecule has 1 aromatic heterocycles. The van der Waals surface area contributed by atoms with Crippen LogP contribution < -0.4 is 5.73 Å². The van der Waals surface area contributed by atoms with Crippen LogP contribution in [0.3, 0.4) is 0 Å². The van der Waals surface area contributed by atoms with E-state index >= 15 is 0 Å². The van der Waals surface area contributed by atoms with E-state index in [9.17, 15) is 0 Å². The summed E-state index contributed by atoms with van der Waals surface area (Å²) in [5, 5.41) is 1.02. The number of nitrogens with zero attached hydrogens (tertiary/aromatic N) is 1. The molecule has 0 saturated heterocycles. The van der Waals surface area contributed by atoms with Gasteiger partial charge in [-0.3, -0.25) is 0 Å². The number of nitrogens with two attached hydrogens (primary N) is 1. The predicted molar refractivity (Wildman–Crippen MR) is 76.9 cm³/mol. The molecule has 0 aliphatic heterocycles. The van der Waals surface area contributed by atoms with Crippen LogP contribution in [0.1, 0.15) is 18.1 Å². The second-order valence-corrected chi connectivity index (χ2v) is 5.70. The molecule has 3 heteroatoms. The van der Waals surface area contributed by atoms with Crippen molar-refractivity contribution in [2.24, 2.45) is 5.73 Å². The second-order valence-electron chi connectivity index (χ2n) is 4.60. The number of aromatic nitrogens is 1. The zero-order valence-electron chi connectivity index (χ0n) is 10.8. The van der Waals surface area contributed by atoms with Gasteiger partial charge in [-0.2, -0.15) is 0 Å². The van der Waals surface area contributed by atoms with E-state index in [1.54, 1.807) is 11.8 Å². The monoisotopic (exact) mass is 258 g/mol. The number of pyridine rings is 1. The standard InChI is InChI=1S/C15H18N2S/c1-11-3-6-14(7-4-11)18-15-8-5-13(10-17-15)9-12(2)16/h3-8,10,12H,9,16H2,1-2H3. The van der Waals surface area contributed by atoms with Gasteiger partial charge in [0.15, 0.2) is 0 Å². The number of hydrogen-bond donors (Lipinski definition) is 1. The van der Waals surface area contributed by atoms with Crippen molar-refractivity contribution in [3.63, 3.8) is 0 Å². The largest absolute Gasteiger partial charge is 0.328 e. The minimum atomic E-state index is 0.183. The lowest BCUT2D eigenvalue weighted by molar-refractivity contribution is 0.734. The number of hydrogen-bond acceptors (Lipinski definition) is 3. The number of benzene rings is 1. The highest BCUT2D eigenvalue weighted by atomic mass is 32.2. The van der Waals surface area contributed by atoms with E-state index in [1.165, 1.54) is 16.0 Å². The van der Waals surface area contributed by atoms with Gasteiger partial charge in [0.25, 0.3) is 0 Å². The van der Waals surface area contributed by atoms with Gasteiger partial charge in [0.05, 0.1) is 0 Å². The van der Waals surface area contributed by atoms with E-state index in [4.69, 9.17) is 5.73 Å². The van der Waals surface area contributed by atoms with Crippen molar-refractivity contribution in [2.45, 2.75) is 36.2 Å². The maximum atomic E-state index is 5.77. The van der Waals surface area contributed by atoms with E-state index in [1.807, 2.05) is 13.1 Å². The van der Waals surface area contributed by atoms with Crippen molar-refractivity contribution in [1.29, 1.82) is 0 Å². The molecule has 0 saturated carbocycles. The molecule has 0 amide bonds. The van der Waals surface area contributed by atoms with Crippen LogP contribution in [0.5, 0.6) is 0 Å². The average Bonchev–Trinajstić information content (AvgIpc) is 2.34. The van der Waals surface area contributed by atoms with Gasteiger partial charge < -0.3 is 5.73 Å². The van der Waals surface area contributed by atoms with E-state index in [-0.39, 0.29) is 6.04 Å². The minimum Gasteiger partial charge on any atom is -0.328 e. The maximum Gasteiger partial charge on any atom is 0.101 e. The fourth-order valence-corrected chi connectivity index (χ4v) is 2.45. The average molecular weight is 258 g/mol. The molecule has 2 N–H and O–H groups in total. The molecule has 0 spiro atoms. The Hall–Kier alpha value is -1.32. The predicted octanol–water partition coefficient (Wildman–Crippen LogP) is 3.43. The Bertz CT molecular complexity index is 489. The molecule has 94 valence electrons. The third kappa shape index (κ3) is 3.86. The van der Waals surface area contributed by atoms with Gasteiger partial charge >= 0.3 is 0 Å². The Morgan fingerprint density at radius 3 is 2.44 bits per heavy atom. The summed E-state index contributed by atoms with van der Waals surface area (Å²) >= 11 is 1.68. The van der Waals surface area contributed by atoms with Crippen LogP contribution in [0.4, 0.5) is 0 Å². The van der Waals surface area contributed by atoms with Gasteiger partial charge in [0, 0.05) is 17.1 Å². The van der Waals surface area contributed by atoms with Gasteiger partial charge in [-0.05, 0) is 44.0 Å². The van der Waals surface area contributed by atoms with E-state index < -0.39 is 0 Å². The smallest absolute Gasteiger partial charge is 0.101 e. The molecule has 0 bridgehead atoms. The lowest BCUT2D eigenvalue weighted by atomic mass is 10.1. The molecule has 0 aliphatic carbocycles. The lowest BCUT2D eigenvalue weighted by Crippen LogP contribution is -2.17. The third-order valence-electron chi connectivity index (χ3n) is 2.60. The normalized spacial score (nSPS) is 12.4. The molecule has 1 heterocycles. The molecule has 0 aliphatic rings. The molecule has 0 radical (unpaired) electrons. The van der Waals surface area contributed by atoms with Gasteiger partial charge in [-0.1, -0.05) is 35.5 Å². The van der Waals surface area contributed by atoms with E-state index in [2.05, 4.69) is 48.3 Å². The fourth-order valence-electron chi connectivity index (χ4n) is 1.69. The van der Waals surface area contributed by atoms with Crippen molar-refractivity contribution in [3.8, 4) is 0 Å². The summed E-state index contributed by atoms with van der Waals surface area (Å²) < 4.78 is 0. The van der Waals surface area contributed by atoms with Gasteiger partial charge in [0.2, 0.25) is 0 Å². The molecular formula is C15H18N2S. The highest BCUT2D eigenvalue weighted by molar-refractivity contribution is 7.99. The second kappa shape index (κ2) is 6.03. The molecular weight excluding hydrogens is 240 g/mol. The number of aryl methyl sites for hydroxylation is 1. The maximum absolute atomic E-state index is 5.77. The van der Waals surface area contributed by atoms with Crippen molar-refractivity contribution in [1.82, 2.24) is 4.98 Å². The Morgan fingerprint density at radius 1 is 1.17 bits per heavy atom. The van der Waals surface area contributed by atoms with Crippen LogP contribution in [0.2, 0.25) is 0 Å². The zero-order chi connectivity index (χ0) is 13.0. The van der Waals surface area contributed by atoms with Crippen LogP contribution >= 0.6 is 11.8 Å². The van der Waals surface area contributed by atoms with Gasteiger partial charge in [0.1, 0.15) is 5.03 Å². The third-order valence-corrected chi connectivity index (χ3v) is 3.56. The summed E-state index contributed by atoms with van der Waals surface area (Å²) in [5.74, 6) is 0. The number of rotatable bonds is 4. The first-order chi connectivity index (χ1) is 8.63. The van der Waals surface area contributed by atoms with Gasteiger partial charge in [-0.25, -0.2) is 4.98 Å². The summed E-state index contributed by atoms with van der Waals surface area (Å²) in [6.45, 7) is 4.10. The first kappa shape index (κ1) is 13.1. The zero-order valence-corrected chi connectivity index (χ0v) is 11.6. The first-order valence-electron chi connectivity index (χ1n) is 6.08. The molecule has 1 atom stereocenters. The van der Waals surface area contributed by atoms with Crippen LogP contribution in [0.15, 0.2) is 52.5 Å². The quantitative estimate of drug-likeness (QED) is 0.913. The van der Waals surface area contributed by atoms with Crippen LogP contribution in [0.25, 0.3) is 0 Å². The first-order valence-corrected chi connectivity index (χ1v) is 6.90. The molecule has 1 unspecified atom stereocenters. The molecule has 2 nitrogen and oxygen atoms in total. The Morgan fingerprint density at radius 2 is 1.89 bits per heavy atom. The molecule has 1 aromatic carbocycles. The highest BCUT2D eigenvalue weighted by Crippen LogP contribution is 2.26. The Balaban J connectivity index is 2.04. The van der Waals surface area contributed by atoms with Crippen molar-refractivity contribution >= 4 is 11.8 Å². The van der Waals surface area contributed by atoms with Crippen LogP contribution in [-0.2, 0) is 6.42 Å². The molecule has 0 fully saturated rings. The SMILES string of the molecule is Cc1ccc(Sc2ccc(CC(C)N)cn2)cc1. The summed E-state index contributed by atoms with van der Waals surface area (Å²) in [5.41, 5.74) is 8.24. The van der Waals surface area contributed by atoms with Gasteiger partial charge in [-0.15, -0.1) is 0 Å². The van der Waals surface area contributed by atoms with Crippen molar-refractivity contribution < 1.29 is 0 Å². The van der Waals surface area contributed by atoms with E-state index in [0.29, 0.717) is 0 Å². The molecule has 18 heavy (non-hydrogen) atoms. The summed E-state index contributed by atoms with van der Waals surface area (Å²) in [7, 11) is 0. The Labute approximate surface area is 113 Å². The minimum absolute atomic E-state index is 0.183. The van der Waals surface area contributed by atoms with E-state index in [0.717, 1.165) is 11.4 Å². The lowest BCUT2D eigenvalue weighted by Gasteiger charge is -2.06. The van der Waals surface area contributed by atoms with Crippen molar-refractivity contribution in [3.05, 3.63) is 53.7 Å². The van der Waals surface area contributed by atoms with Crippen LogP contribution in [0, 0.1) is 6.92 Å². The topological polar surface area (TPSA) is 38.9 Å². The Kier molecular flexibility index (Phi) is 4.39. The highest BCUT2D eigenvalue weighted by Gasteiger charge is 2.01. The molecule has 2 aromatic rings.